The molecule has 82 valence electrons. The molecule has 2 heteroatoms. The van der Waals surface area contributed by atoms with Gasteiger partial charge in [-0.2, -0.15) is 0 Å². The Bertz CT molecular complexity index is 282. The summed E-state index contributed by atoms with van der Waals surface area (Å²) in [6.07, 6.45) is 1.57. The summed E-state index contributed by atoms with van der Waals surface area (Å²) < 4.78 is 5.56. The standard InChI is InChI=1S/C13H18O2/c1-3-12(14)13(4-2)15-10-11-8-6-5-7-9-11/h4-9,12-14H,2-3,10H2,1H3/t12-,13+/m1/s1. The smallest absolute Gasteiger partial charge is 0.102 e. The molecular formula is C13H18O2. The molecule has 0 aliphatic rings. The molecule has 2 atom stereocenters. The van der Waals surface area contributed by atoms with Crippen molar-refractivity contribution in [3.63, 3.8) is 0 Å². The Balaban J connectivity index is 2.44. The van der Waals surface area contributed by atoms with Crippen molar-refractivity contribution < 1.29 is 9.84 Å². The molecule has 0 bridgehead atoms. The van der Waals surface area contributed by atoms with E-state index in [4.69, 9.17) is 4.74 Å². The van der Waals surface area contributed by atoms with Crippen LogP contribution in [0.5, 0.6) is 0 Å². The summed E-state index contributed by atoms with van der Waals surface area (Å²) in [5.74, 6) is 0. The molecule has 0 amide bonds. The van der Waals surface area contributed by atoms with Crippen LogP contribution >= 0.6 is 0 Å². The highest BCUT2D eigenvalue weighted by Gasteiger charge is 2.13. The van der Waals surface area contributed by atoms with Crippen molar-refractivity contribution in [1.29, 1.82) is 0 Å². The highest BCUT2D eigenvalue weighted by molar-refractivity contribution is 5.13. The first-order valence-electron chi connectivity index (χ1n) is 5.24. The normalized spacial score (nSPS) is 14.5. The average molecular weight is 206 g/mol. The minimum atomic E-state index is -0.466. The van der Waals surface area contributed by atoms with Gasteiger partial charge in [-0.15, -0.1) is 6.58 Å². The van der Waals surface area contributed by atoms with Crippen LogP contribution in [-0.4, -0.2) is 17.3 Å². The third kappa shape index (κ3) is 3.86. The molecule has 0 aliphatic heterocycles. The van der Waals surface area contributed by atoms with E-state index in [9.17, 15) is 5.11 Å². The largest absolute Gasteiger partial charge is 0.390 e. The second kappa shape index (κ2) is 6.38. The summed E-state index contributed by atoms with van der Waals surface area (Å²) in [7, 11) is 0. The molecule has 1 aromatic carbocycles. The van der Waals surface area contributed by atoms with Crippen LogP contribution in [0, 0.1) is 0 Å². The van der Waals surface area contributed by atoms with Gasteiger partial charge in [0.15, 0.2) is 0 Å². The van der Waals surface area contributed by atoms with Crippen molar-refractivity contribution in [2.75, 3.05) is 0 Å². The predicted molar refractivity (Wildman–Crippen MR) is 61.5 cm³/mol. The fourth-order valence-electron chi connectivity index (χ4n) is 1.34. The van der Waals surface area contributed by atoms with Crippen LogP contribution < -0.4 is 0 Å². The third-order valence-corrected chi connectivity index (χ3v) is 2.32. The number of aliphatic hydroxyl groups is 1. The lowest BCUT2D eigenvalue weighted by Crippen LogP contribution is -2.26. The monoisotopic (exact) mass is 206 g/mol. The van der Waals surface area contributed by atoms with Crippen LogP contribution in [-0.2, 0) is 11.3 Å². The van der Waals surface area contributed by atoms with Gasteiger partial charge in [0.1, 0.15) is 6.10 Å². The summed E-state index contributed by atoms with van der Waals surface area (Å²) in [5, 5.41) is 9.60. The predicted octanol–water partition coefficient (Wildman–Crippen LogP) is 2.53. The van der Waals surface area contributed by atoms with E-state index in [-0.39, 0.29) is 6.10 Å². The highest BCUT2D eigenvalue weighted by Crippen LogP contribution is 2.09. The second-order valence-corrected chi connectivity index (χ2v) is 3.47. The van der Waals surface area contributed by atoms with Gasteiger partial charge in [0, 0.05) is 0 Å². The number of hydrogen-bond donors (Lipinski definition) is 1. The van der Waals surface area contributed by atoms with Crippen LogP contribution in [0.4, 0.5) is 0 Å². The highest BCUT2D eigenvalue weighted by atomic mass is 16.5. The fourth-order valence-corrected chi connectivity index (χ4v) is 1.34. The molecule has 1 aromatic rings. The summed E-state index contributed by atoms with van der Waals surface area (Å²) in [6, 6.07) is 9.90. The van der Waals surface area contributed by atoms with E-state index in [0.29, 0.717) is 13.0 Å². The first-order valence-corrected chi connectivity index (χ1v) is 5.24. The Hall–Kier alpha value is -1.12. The number of hydrogen-bond acceptors (Lipinski definition) is 2. The van der Waals surface area contributed by atoms with Crippen LogP contribution in [0.25, 0.3) is 0 Å². The first-order chi connectivity index (χ1) is 7.27. The molecule has 1 rings (SSSR count). The molecule has 0 spiro atoms. The second-order valence-electron chi connectivity index (χ2n) is 3.47. The zero-order valence-electron chi connectivity index (χ0n) is 9.10. The molecule has 0 saturated carbocycles. The van der Waals surface area contributed by atoms with Crippen LogP contribution in [0.3, 0.4) is 0 Å². The topological polar surface area (TPSA) is 29.5 Å². The van der Waals surface area contributed by atoms with Gasteiger partial charge in [-0.05, 0) is 12.0 Å². The molecule has 2 nitrogen and oxygen atoms in total. The Morgan fingerprint density at radius 3 is 2.60 bits per heavy atom. The van der Waals surface area contributed by atoms with E-state index < -0.39 is 6.10 Å². The van der Waals surface area contributed by atoms with Crippen molar-refractivity contribution in [3.8, 4) is 0 Å². The zero-order chi connectivity index (χ0) is 11.1. The molecular weight excluding hydrogens is 188 g/mol. The van der Waals surface area contributed by atoms with Gasteiger partial charge in [-0.25, -0.2) is 0 Å². The molecule has 0 fully saturated rings. The number of benzene rings is 1. The zero-order valence-corrected chi connectivity index (χ0v) is 9.10. The molecule has 0 aromatic heterocycles. The molecule has 0 saturated heterocycles. The maximum Gasteiger partial charge on any atom is 0.102 e. The van der Waals surface area contributed by atoms with E-state index in [1.807, 2.05) is 37.3 Å². The number of ether oxygens (including phenoxy) is 1. The molecule has 0 unspecified atom stereocenters. The van der Waals surface area contributed by atoms with Gasteiger partial charge < -0.3 is 9.84 Å². The maximum atomic E-state index is 9.60. The van der Waals surface area contributed by atoms with E-state index >= 15 is 0 Å². The van der Waals surface area contributed by atoms with Crippen LogP contribution in [0.1, 0.15) is 18.9 Å². The molecule has 0 heterocycles. The Kier molecular flexibility index (Phi) is 5.08. The van der Waals surface area contributed by atoms with E-state index in [2.05, 4.69) is 6.58 Å². The van der Waals surface area contributed by atoms with Gasteiger partial charge in [-0.1, -0.05) is 43.3 Å². The van der Waals surface area contributed by atoms with Crippen molar-refractivity contribution in [3.05, 3.63) is 48.6 Å². The number of aliphatic hydroxyl groups excluding tert-OH is 1. The van der Waals surface area contributed by atoms with E-state index in [1.165, 1.54) is 0 Å². The van der Waals surface area contributed by atoms with Gasteiger partial charge in [-0.3, -0.25) is 0 Å². The minimum Gasteiger partial charge on any atom is -0.390 e. The average Bonchev–Trinajstić information content (AvgIpc) is 2.31. The maximum absolute atomic E-state index is 9.60. The summed E-state index contributed by atoms with van der Waals surface area (Å²) >= 11 is 0. The fraction of sp³-hybridized carbons (Fsp3) is 0.385. The SMILES string of the molecule is C=C[C@H](OCc1ccccc1)[C@H](O)CC. The molecule has 1 N–H and O–H groups in total. The van der Waals surface area contributed by atoms with Gasteiger partial charge >= 0.3 is 0 Å². The summed E-state index contributed by atoms with van der Waals surface area (Å²) in [6.45, 7) is 6.09. The Morgan fingerprint density at radius 2 is 2.07 bits per heavy atom. The molecule has 0 radical (unpaired) electrons. The Morgan fingerprint density at radius 1 is 1.40 bits per heavy atom. The minimum absolute atomic E-state index is 0.282. The number of rotatable bonds is 6. The van der Waals surface area contributed by atoms with Gasteiger partial charge in [0.2, 0.25) is 0 Å². The molecule has 0 aliphatic carbocycles. The van der Waals surface area contributed by atoms with Crippen LogP contribution in [0.2, 0.25) is 0 Å². The van der Waals surface area contributed by atoms with E-state index in [0.717, 1.165) is 5.56 Å². The summed E-state index contributed by atoms with van der Waals surface area (Å²) in [4.78, 5) is 0. The molecule has 15 heavy (non-hydrogen) atoms. The third-order valence-electron chi connectivity index (χ3n) is 2.32. The lowest BCUT2D eigenvalue weighted by atomic mass is 10.1. The van der Waals surface area contributed by atoms with Gasteiger partial charge in [0.05, 0.1) is 12.7 Å². The lowest BCUT2D eigenvalue weighted by molar-refractivity contribution is -0.0194. The first kappa shape index (κ1) is 12.0. The van der Waals surface area contributed by atoms with Crippen molar-refractivity contribution in [2.45, 2.75) is 32.2 Å². The van der Waals surface area contributed by atoms with E-state index in [1.54, 1.807) is 6.08 Å². The van der Waals surface area contributed by atoms with Crippen molar-refractivity contribution >= 4 is 0 Å². The van der Waals surface area contributed by atoms with Crippen molar-refractivity contribution in [1.82, 2.24) is 0 Å². The lowest BCUT2D eigenvalue weighted by Gasteiger charge is -2.18. The Labute approximate surface area is 91.2 Å². The van der Waals surface area contributed by atoms with Crippen molar-refractivity contribution in [2.24, 2.45) is 0 Å². The van der Waals surface area contributed by atoms with Crippen LogP contribution in [0.15, 0.2) is 43.0 Å². The quantitative estimate of drug-likeness (QED) is 0.725. The summed E-state index contributed by atoms with van der Waals surface area (Å²) in [5.41, 5.74) is 1.10. The van der Waals surface area contributed by atoms with Gasteiger partial charge in [0.25, 0.3) is 0 Å².